The zero-order chi connectivity index (χ0) is 15.6. The van der Waals surface area contributed by atoms with Crippen molar-refractivity contribution in [1.29, 1.82) is 0 Å². The van der Waals surface area contributed by atoms with Crippen molar-refractivity contribution in [2.75, 3.05) is 7.11 Å². The number of esters is 2. The van der Waals surface area contributed by atoms with E-state index in [9.17, 15) is 14.4 Å². The molecule has 6 nitrogen and oxygen atoms in total. The molecule has 0 spiro atoms. The average molecular weight is 291 g/mol. The highest BCUT2D eigenvalue weighted by atomic mass is 16.6. The molecule has 0 bridgehead atoms. The first-order valence-corrected chi connectivity index (χ1v) is 6.55. The van der Waals surface area contributed by atoms with Gasteiger partial charge in [-0.2, -0.15) is 0 Å². The molecule has 1 heterocycles. The maximum Gasteiger partial charge on any atom is 0.328 e. The van der Waals surface area contributed by atoms with E-state index in [0.717, 1.165) is 0 Å². The number of hydrogen-bond acceptors (Lipinski definition) is 5. The minimum absolute atomic E-state index is 0.220. The minimum atomic E-state index is -1.13. The van der Waals surface area contributed by atoms with Crippen LogP contribution in [0.15, 0.2) is 30.3 Å². The number of benzene rings is 1. The van der Waals surface area contributed by atoms with Crippen LogP contribution < -0.4 is 0 Å². The lowest BCUT2D eigenvalue weighted by atomic mass is 9.88. The largest absolute Gasteiger partial charge is 0.467 e. The summed E-state index contributed by atoms with van der Waals surface area (Å²) in [6.45, 7) is 2.87. The summed E-state index contributed by atoms with van der Waals surface area (Å²) in [6, 6.07) is 7.78. The van der Waals surface area contributed by atoms with Crippen LogP contribution in [0.5, 0.6) is 0 Å². The summed E-state index contributed by atoms with van der Waals surface area (Å²) in [5.41, 5.74) is -0.707. The molecular formula is C15H17NO5. The van der Waals surface area contributed by atoms with Crippen LogP contribution in [-0.2, 0) is 19.1 Å². The SMILES string of the molecule is COC(=O)[C@H]1C[C@](C)(OC(C)=O)N1C(=O)c1ccccc1. The number of rotatable bonds is 3. The second-order valence-electron chi connectivity index (χ2n) is 5.05. The second-order valence-corrected chi connectivity index (χ2v) is 5.05. The molecule has 0 unspecified atom stereocenters. The number of carbonyl (C=O) groups is 3. The van der Waals surface area contributed by atoms with Crippen molar-refractivity contribution in [1.82, 2.24) is 4.90 Å². The van der Waals surface area contributed by atoms with E-state index in [0.29, 0.717) is 5.56 Å². The van der Waals surface area contributed by atoms with Gasteiger partial charge in [0.05, 0.1) is 7.11 Å². The van der Waals surface area contributed by atoms with Crippen molar-refractivity contribution in [2.24, 2.45) is 0 Å². The molecule has 21 heavy (non-hydrogen) atoms. The van der Waals surface area contributed by atoms with Gasteiger partial charge in [0.25, 0.3) is 5.91 Å². The normalized spacial score (nSPS) is 24.0. The van der Waals surface area contributed by atoms with E-state index < -0.39 is 23.7 Å². The van der Waals surface area contributed by atoms with Gasteiger partial charge < -0.3 is 9.47 Å². The molecular weight excluding hydrogens is 274 g/mol. The van der Waals surface area contributed by atoms with Crippen LogP contribution in [0.2, 0.25) is 0 Å². The van der Waals surface area contributed by atoms with E-state index in [1.165, 1.54) is 18.9 Å². The van der Waals surface area contributed by atoms with E-state index in [2.05, 4.69) is 0 Å². The third-order valence-corrected chi connectivity index (χ3v) is 3.47. The van der Waals surface area contributed by atoms with Crippen LogP contribution >= 0.6 is 0 Å². The molecule has 1 aliphatic heterocycles. The Bertz CT molecular complexity index is 571. The quantitative estimate of drug-likeness (QED) is 0.786. The molecule has 0 saturated carbocycles. The van der Waals surface area contributed by atoms with Crippen molar-refractivity contribution in [2.45, 2.75) is 32.0 Å². The first-order valence-electron chi connectivity index (χ1n) is 6.55. The Kier molecular flexibility index (Phi) is 3.97. The number of hydrogen-bond donors (Lipinski definition) is 0. The smallest absolute Gasteiger partial charge is 0.328 e. The van der Waals surface area contributed by atoms with E-state index >= 15 is 0 Å². The van der Waals surface area contributed by atoms with Gasteiger partial charge in [-0.15, -0.1) is 0 Å². The molecule has 6 heteroatoms. The lowest BCUT2D eigenvalue weighted by Gasteiger charge is -2.53. The van der Waals surface area contributed by atoms with Crippen LogP contribution in [0.1, 0.15) is 30.6 Å². The Labute approximate surface area is 122 Å². The van der Waals surface area contributed by atoms with Crippen molar-refractivity contribution in [3.63, 3.8) is 0 Å². The van der Waals surface area contributed by atoms with E-state index in [1.54, 1.807) is 37.3 Å². The third-order valence-electron chi connectivity index (χ3n) is 3.47. The maximum absolute atomic E-state index is 12.6. The highest BCUT2D eigenvalue weighted by Gasteiger charge is 2.57. The Morgan fingerprint density at radius 2 is 1.86 bits per heavy atom. The summed E-state index contributed by atoms with van der Waals surface area (Å²) in [7, 11) is 1.26. The predicted molar refractivity (Wildman–Crippen MR) is 73.2 cm³/mol. The minimum Gasteiger partial charge on any atom is -0.467 e. The molecule has 1 amide bonds. The lowest BCUT2D eigenvalue weighted by molar-refractivity contribution is -0.219. The molecule has 0 aliphatic carbocycles. The number of ether oxygens (including phenoxy) is 2. The predicted octanol–water partition coefficient (Wildman–Crippen LogP) is 1.35. The summed E-state index contributed by atoms with van der Waals surface area (Å²) >= 11 is 0. The second kappa shape index (κ2) is 5.55. The Hall–Kier alpha value is -2.37. The molecule has 112 valence electrons. The van der Waals surface area contributed by atoms with Crippen molar-refractivity contribution in [3.8, 4) is 0 Å². The summed E-state index contributed by atoms with van der Waals surface area (Å²) in [4.78, 5) is 36.8. The fraction of sp³-hybridized carbons (Fsp3) is 0.400. The first-order chi connectivity index (χ1) is 9.89. The van der Waals surface area contributed by atoms with Gasteiger partial charge >= 0.3 is 11.9 Å². The first kappa shape index (κ1) is 15.0. The molecule has 1 aliphatic rings. The fourth-order valence-electron chi connectivity index (χ4n) is 2.57. The Morgan fingerprint density at radius 1 is 1.24 bits per heavy atom. The Balaban J connectivity index is 2.30. The van der Waals surface area contributed by atoms with Crippen LogP contribution in [-0.4, -0.2) is 41.6 Å². The fourth-order valence-corrected chi connectivity index (χ4v) is 2.57. The molecule has 1 aromatic carbocycles. The number of carbonyl (C=O) groups excluding carboxylic acids is 3. The van der Waals surface area contributed by atoms with Crippen LogP contribution in [0, 0.1) is 0 Å². The Morgan fingerprint density at radius 3 is 2.38 bits per heavy atom. The summed E-state index contributed by atoms with van der Waals surface area (Å²) < 4.78 is 9.91. The van der Waals surface area contributed by atoms with Gasteiger partial charge in [-0.3, -0.25) is 14.5 Å². The average Bonchev–Trinajstić information content (AvgIpc) is 2.44. The van der Waals surface area contributed by atoms with Crippen LogP contribution in [0.3, 0.4) is 0 Å². The molecule has 1 aromatic rings. The zero-order valence-electron chi connectivity index (χ0n) is 12.2. The number of methoxy groups -OCH3 is 1. The topological polar surface area (TPSA) is 72.9 Å². The van der Waals surface area contributed by atoms with Crippen molar-refractivity contribution >= 4 is 17.8 Å². The summed E-state index contributed by atoms with van der Waals surface area (Å²) in [5, 5.41) is 0. The van der Waals surface area contributed by atoms with Gasteiger partial charge in [-0.1, -0.05) is 18.2 Å². The standard InChI is InChI=1S/C15H17NO5/c1-10(17)21-15(2)9-12(14(19)20-3)16(15)13(18)11-7-5-4-6-8-11/h4-8,12H,9H2,1-3H3/t12-,15+/m1/s1. The van der Waals surface area contributed by atoms with Gasteiger partial charge in [0.2, 0.25) is 0 Å². The maximum atomic E-state index is 12.6. The van der Waals surface area contributed by atoms with Gasteiger partial charge in [0.1, 0.15) is 6.04 Å². The van der Waals surface area contributed by atoms with Crippen molar-refractivity contribution < 1.29 is 23.9 Å². The van der Waals surface area contributed by atoms with Gasteiger partial charge in [0.15, 0.2) is 5.72 Å². The number of amides is 1. The third kappa shape index (κ3) is 2.74. The lowest BCUT2D eigenvalue weighted by Crippen LogP contribution is -2.70. The van der Waals surface area contributed by atoms with Crippen LogP contribution in [0.25, 0.3) is 0 Å². The van der Waals surface area contributed by atoms with E-state index in [1.807, 2.05) is 0 Å². The van der Waals surface area contributed by atoms with Gasteiger partial charge in [0, 0.05) is 18.9 Å². The number of likely N-dealkylation sites (tertiary alicyclic amines) is 1. The number of nitrogens with zero attached hydrogens (tertiary/aromatic N) is 1. The van der Waals surface area contributed by atoms with Crippen LogP contribution in [0.4, 0.5) is 0 Å². The van der Waals surface area contributed by atoms with Gasteiger partial charge in [-0.05, 0) is 19.1 Å². The molecule has 0 radical (unpaired) electrons. The molecule has 1 saturated heterocycles. The highest BCUT2D eigenvalue weighted by Crippen LogP contribution is 2.39. The molecule has 2 atom stereocenters. The van der Waals surface area contributed by atoms with Gasteiger partial charge in [-0.25, -0.2) is 4.79 Å². The monoisotopic (exact) mass is 291 g/mol. The zero-order valence-corrected chi connectivity index (χ0v) is 12.2. The summed E-state index contributed by atoms with van der Waals surface area (Å²) in [5.74, 6) is -1.41. The van der Waals surface area contributed by atoms with E-state index in [4.69, 9.17) is 9.47 Å². The van der Waals surface area contributed by atoms with E-state index in [-0.39, 0.29) is 12.3 Å². The summed E-state index contributed by atoms with van der Waals surface area (Å²) in [6.07, 6.45) is 0.220. The molecule has 0 N–H and O–H groups in total. The molecule has 0 aromatic heterocycles. The highest BCUT2D eigenvalue weighted by molar-refractivity contribution is 5.98. The van der Waals surface area contributed by atoms with Crippen molar-refractivity contribution in [3.05, 3.63) is 35.9 Å². The molecule has 2 rings (SSSR count). The molecule has 1 fully saturated rings.